The Kier molecular flexibility index (Phi) is 6.65. The minimum absolute atomic E-state index is 0.313. The smallest absolute Gasteiger partial charge is 0.328 e. The van der Waals surface area contributed by atoms with Crippen molar-refractivity contribution in [3.63, 3.8) is 0 Å². The lowest BCUT2D eigenvalue weighted by atomic mass is 10.2. The molecule has 0 aromatic carbocycles. The van der Waals surface area contributed by atoms with Crippen LogP contribution in [0.15, 0.2) is 18.6 Å². The molecule has 0 radical (unpaired) electrons. The van der Waals surface area contributed by atoms with E-state index >= 15 is 0 Å². The Morgan fingerprint density at radius 1 is 1.47 bits per heavy atom. The van der Waals surface area contributed by atoms with Crippen LogP contribution in [0.25, 0.3) is 0 Å². The van der Waals surface area contributed by atoms with E-state index in [1.54, 1.807) is 11.8 Å². The van der Waals surface area contributed by atoms with Crippen LogP contribution in [0.5, 0.6) is 0 Å². The Morgan fingerprint density at radius 3 is 2.84 bits per heavy atom. The van der Waals surface area contributed by atoms with E-state index in [-0.39, 0.29) is 0 Å². The van der Waals surface area contributed by atoms with E-state index in [4.69, 9.17) is 0 Å². The van der Waals surface area contributed by atoms with Gasteiger partial charge in [-0.3, -0.25) is 10.3 Å². The first kappa shape index (κ1) is 15.2. The molecular weight excluding hydrogens is 268 g/mol. The third-order valence-electron chi connectivity index (χ3n) is 2.21. The number of hydrogen-bond donors (Lipinski definition) is 2. The molecule has 19 heavy (non-hydrogen) atoms. The Hall–Kier alpha value is -1.83. The summed E-state index contributed by atoms with van der Waals surface area (Å²) < 4.78 is 4.64. The van der Waals surface area contributed by atoms with Gasteiger partial charge >= 0.3 is 12.0 Å². The summed E-state index contributed by atoms with van der Waals surface area (Å²) in [6, 6.07) is -1.19. The topological polar surface area (TPSA) is 93.2 Å². The van der Waals surface area contributed by atoms with Gasteiger partial charge in [0.05, 0.1) is 13.3 Å². The van der Waals surface area contributed by atoms with Gasteiger partial charge in [0.15, 0.2) is 5.82 Å². The SMILES string of the molecule is COC(=O)C(CCSC)NC(=O)Nc1cnccn1. The molecular formula is C11H16N4O3S. The molecule has 0 spiro atoms. The van der Waals surface area contributed by atoms with Gasteiger partial charge in [-0.25, -0.2) is 14.6 Å². The van der Waals surface area contributed by atoms with Crippen LogP contribution in [0.1, 0.15) is 6.42 Å². The molecule has 0 aliphatic heterocycles. The van der Waals surface area contributed by atoms with Crippen LogP contribution in [0.3, 0.4) is 0 Å². The van der Waals surface area contributed by atoms with E-state index in [2.05, 4.69) is 25.3 Å². The number of aromatic nitrogens is 2. The van der Waals surface area contributed by atoms with Crippen molar-refractivity contribution in [3.8, 4) is 0 Å². The van der Waals surface area contributed by atoms with E-state index in [0.717, 1.165) is 5.75 Å². The normalized spacial score (nSPS) is 11.5. The summed E-state index contributed by atoms with van der Waals surface area (Å²) in [5, 5.41) is 5.03. The highest BCUT2D eigenvalue weighted by Crippen LogP contribution is 2.03. The molecule has 2 N–H and O–H groups in total. The van der Waals surface area contributed by atoms with E-state index in [0.29, 0.717) is 12.2 Å². The number of thioether (sulfide) groups is 1. The molecule has 2 amide bonds. The number of rotatable bonds is 6. The number of urea groups is 1. The van der Waals surface area contributed by atoms with Crippen LogP contribution in [-0.2, 0) is 9.53 Å². The van der Waals surface area contributed by atoms with Crippen LogP contribution in [0.2, 0.25) is 0 Å². The van der Waals surface area contributed by atoms with Crippen LogP contribution in [0, 0.1) is 0 Å². The summed E-state index contributed by atoms with van der Waals surface area (Å²) in [4.78, 5) is 30.9. The molecule has 1 heterocycles. The number of methoxy groups -OCH3 is 1. The quantitative estimate of drug-likeness (QED) is 0.754. The molecule has 1 rings (SSSR count). The summed E-state index contributed by atoms with van der Waals surface area (Å²) in [5.41, 5.74) is 0. The van der Waals surface area contributed by atoms with E-state index in [1.165, 1.54) is 25.7 Å². The summed E-state index contributed by atoms with van der Waals surface area (Å²) in [6.07, 6.45) is 6.80. The molecule has 0 aliphatic rings. The second kappa shape index (κ2) is 8.30. The van der Waals surface area contributed by atoms with Crippen molar-refractivity contribution in [2.24, 2.45) is 0 Å². The molecule has 0 saturated heterocycles. The van der Waals surface area contributed by atoms with Crippen molar-refractivity contribution in [2.75, 3.05) is 24.4 Å². The van der Waals surface area contributed by atoms with Crippen molar-refractivity contribution in [1.29, 1.82) is 0 Å². The standard InChI is InChI=1S/C11H16N4O3S/c1-18-10(16)8(3-6-19-2)14-11(17)15-9-7-12-4-5-13-9/h4-5,7-8H,3,6H2,1-2H3,(H2,13,14,15,17). The van der Waals surface area contributed by atoms with Gasteiger partial charge in [0.25, 0.3) is 0 Å². The fourth-order valence-electron chi connectivity index (χ4n) is 1.30. The van der Waals surface area contributed by atoms with Gasteiger partial charge in [-0.2, -0.15) is 11.8 Å². The summed E-state index contributed by atoms with van der Waals surface area (Å²) in [7, 11) is 1.29. The van der Waals surface area contributed by atoms with Crippen molar-refractivity contribution >= 4 is 29.6 Å². The molecule has 1 atom stereocenters. The largest absolute Gasteiger partial charge is 0.467 e. The molecule has 7 nitrogen and oxygen atoms in total. The fraction of sp³-hybridized carbons (Fsp3) is 0.455. The highest BCUT2D eigenvalue weighted by Gasteiger charge is 2.21. The van der Waals surface area contributed by atoms with Gasteiger partial charge in [-0.1, -0.05) is 0 Å². The van der Waals surface area contributed by atoms with Gasteiger partial charge in [-0.05, 0) is 18.4 Å². The molecule has 1 aromatic heterocycles. The van der Waals surface area contributed by atoms with Crippen LogP contribution >= 0.6 is 11.8 Å². The Labute approximate surface area is 115 Å². The number of amides is 2. The molecule has 0 fully saturated rings. The third kappa shape index (κ3) is 5.56. The number of carbonyl (C=O) groups is 2. The number of ether oxygens (including phenoxy) is 1. The van der Waals surface area contributed by atoms with E-state index in [9.17, 15) is 9.59 Å². The lowest BCUT2D eigenvalue weighted by Crippen LogP contribution is -2.44. The molecule has 1 aromatic rings. The van der Waals surface area contributed by atoms with Crippen molar-refractivity contribution in [3.05, 3.63) is 18.6 Å². The average Bonchev–Trinajstić information content (AvgIpc) is 2.43. The zero-order valence-electron chi connectivity index (χ0n) is 10.8. The molecule has 8 heteroatoms. The summed E-state index contributed by atoms with van der Waals surface area (Å²) >= 11 is 1.59. The Bertz CT molecular complexity index is 416. The number of carbonyl (C=O) groups excluding carboxylic acids is 2. The number of nitrogens with one attached hydrogen (secondary N) is 2. The average molecular weight is 284 g/mol. The summed E-state index contributed by atoms with van der Waals surface area (Å²) in [6.45, 7) is 0. The number of nitrogens with zero attached hydrogens (tertiary/aromatic N) is 2. The molecule has 0 aliphatic carbocycles. The van der Waals surface area contributed by atoms with Crippen LogP contribution < -0.4 is 10.6 Å². The number of anilines is 1. The van der Waals surface area contributed by atoms with E-state index < -0.39 is 18.0 Å². The predicted octanol–water partition coefficient (Wildman–Crippen LogP) is 0.893. The van der Waals surface area contributed by atoms with Gasteiger partial charge in [0.1, 0.15) is 6.04 Å². The Morgan fingerprint density at radius 2 is 2.26 bits per heavy atom. The highest BCUT2D eigenvalue weighted by molar-refractivity contribution is 7.98. The number of hydrogen-bond acceptors (Lipinski definition) is 6. The zero-order chi connectivity index (χ0) is 14.1. The molecule has 0 bridgehead atoms. The van der Waals surface area contributed by atoms with E-state index in [1.807, 2.05) is 6.26 Å². The first-order valence-electron chi connectivity index (χ1n) is 5.57. The zero-order valence-corrected chi connectivity index (χ0v) is 11.6. The third-order valence-corrected chi connectivity index (χ3v) is 2.85. The first-order chi connectivity index (χ1) is 9.17. The number of esters is 1. The minimum atomic E-state index is -0.672. The lowest BCUT2D eigenvalue weighted by molar-refractivity contribution is -0.142. The van der Waals surface area contributed by atoms with Crippen molar-refractivity contribution in [2.45, 2.75) is 12.5 Å². The van der Waals surface area contributed by atoms with Gasteiger partial charge < -0.3 is 10.1 Å². The molecule has 0 saturated carbocycles. The van der Waals surface area contributed by atoms with Gasteiger partial charge in [0, 0.05) is 12.4 Å². The molecule has 1 unspecified atom stereocenters. The highest BCUT2D eigenvalue weighted by atomic mass is 32.2. The second-order valence-corrected chi connectivity index (χ2v) is 4.53. The first-order valence-corrected chi connectivity index (χ1v) is 6.97. The van der Waals surface area contributed by atoms with Crippen molar-refractivity contribution in [1.82, 2.24) is 15.3 Å². The van der Waals surface area contributed by atoms with Crippen LogP contribution in [0.4, 0.5) is 10.6 Å². The summed E-state index contributed by atoms with van der Waals surface area (Å²) in [5.74, 6) is 0.586. The molecule has 104 valence electrons. The lowest BCUT2D eigenvalue weighted by Gasteiger charge is -2.16. The Balaban J connectivity index is 2.53. The monoisotopic (exact) mass is 284 g/mol. The minimum Gasteiger partial charge on any atom is -0.467 e. The maximum atomic E-state index is 11.7. The van der Waals surface area contributed by atoms with Crippen LogP contribution in [-0.4, -0.2) is 47.1 Å². The fourth-order valence-corrected chi connectivity index (χ4v) is 1.77. The van der Waals surface area contributed by atoms with Gasteiger partial charge in [-0.15, -0.1) is 0 Å². The van der Waals surface area contributed by atoms with Gasteiger partial charge in [0.2, 0.25) is 0 Å². The second-order valence-electron chi connectivity index (χ2n) is 3.55. The van der Waals surface area contributed by atoms with Crippen molar-refractivity contribution < 1.29 is 14.3 Å². The maximum absolute atomic E-state index is 11.7. The predicted molar refractivity (Wildman–Crippen MR) is 73.0 cm³/mol. The maximum Gasteiger partial charge on any atom is 0.328 e.